The molecule has 3 rings (SSSR count). The predicted molar refractivity (Wildman–Crippen MR) is 107 cm³/mol. The third kappa shape index (κ3) is 3.70. The summed E-state index contributed by atoms with van der Waals surface area (Å²) in [6.07, 6.45) is 1.28. The number of amides is 2. The molecule has 5 nitrogen and oxygen atoms in total. The Morgan fingerprint density at radius 1 is 1.38 bits per heavy atom. The number of halogens is 1. The Morgan fingerprint density at radius 3 is 2.88 bits per heavy atom. The highest BCUT2D eigenvalue weighted by atomic mass is 35.5. The Labute approximate surface area is 166 Å². The van der Waals surface area contributed by atoms with Gasteiger partial charge in [0.1, 0.15) is 4.32 Å². The van der Waals surface area contributed by atoms with Gasteiger partial charge >= 0.3 is 0 Å². The maximum atomic E-state index is 12.8. The van der Waals surface area contributed by atoms with E-state index in [0.29, 0.717) is 31.9 Å². The SMILES string of the molecule is CCCNC(=O)CCN1C(=O)/C(=C2/C(=O)Cc3ccc(Cl)cc32)SC1=S. The van der Waals surface area contributed by atoms with Crippen molar-refractivity contribution >= 4 is 63.1 Å². The van der Waals surface area contributed by atoms with Crippen LogP contribution in [-0.2, 0) is 20.8 Å². The number of benzene rings is 1. The van der Waals surface area contributed by atoms with Crippen molar-refractivity contribution in [2.45, 2.75) is 26.2 Å². The lowest BCUT2D eigenvalue weighted by Crippen LogP contribution is -2.33. The van der Waals surface area contributed by atoms with E-state index in [1.54, 1.807) is 18.2 Å². The van der Waals surface area contributed by atoms with Crippen LogP contribution in [0.5, 0.6) is 0 Å². The molecule has 0 radical (unpaired) electrons. The van der Waals surface area contributed by atoms with E-state index in [-0.39, 0.29) is 37.0 Å². The Morgan fingerprint density at radius 2 is 2.15 bits per heavy atom. The third-order valence-electron chi connectivity index (χ3n) is 4.18. The second-order valence-corrected chi connectivity index (χ2v) is 8.11. The normalized spacial score (nSPS) is 19.3. The van der Waals surface area contributed by atoms with Crippen molar-refractivity contribution in [1.82, 2.24) is 10.2 Å². The summed E-state index contributed by atoms with van der Waals surface area (Å²) < 4.78 is 0.365. The molecular weight excluding hydrogens is 392 g/mol. The molecule has 1 aromatic rings. The van der Waals surface area contributed by atoms with Crippen molar-refractivity contribution in [2.75, 3.05) is 13.1 Å². The Bertz CT molecular complexity index is 851. The number of fused-ring (bicyclic) bond motifs is 1. The molecule has 0 spiro atoms. The van der Waals surface area contributed by atoms with E-state index in [9.17, 15) is 14.4 Å². The minimum Gasteiger partial charge on any atom is -0.356 e. The van der Waals surface area contributed by atoms with Crippen LogP contribution in [-0.4, -0.2) is 39.9 Å². The number of Topliss-reactive ketones (excluding diaryl/α,β-unsaturated/α-hetero) is 1. The monoisotopic (exact) mass is 408 g/mol. The molecule has 0 bridgehead atoms. The molecule has 2 aliphatic rings. The lowest BCUT2D eigenvalue weighted by atomic mass is 10.1. The highest BCUT2D eigenvalue weighted by Gasteiger charge is 2.39. The van der Waals surface area contributed by atoms with Crippen LogP contribution in [0.4, 0.5) is 0 Å². The number of nitrogens with zero attached hydrogens (tertiary/aromatic N) is 1. The zero-order valence-electron chi connectivity index (χ0n) is 14.1. The van der Waals surface area contributed by atoms with Crippen molar-refractivity contribution < 1.29 is 14.4 Å². The maximum Gasteiger partial charge on any atom is 0.266 e. The number of carbonyl (C=O) groups is 3. The molecule has 136 valence electrons. The highest BCUT2D eigenvalue weighted by Crippen LogP contribution is 2.42. The van der Waals surface area contributed by atoms with E-state index in [1.807, 2.05) is 6.92 Å². The number of ketones is 1. The molecule has 8 heteroatoms. The number of nitrogens with one attached hydrogen (secondary N) is 1. The fraction of sp³-hybridized carbons (Fsp3) is 0.333. The van der Waals surface area contributed by atoms with Gasteiger partial charge in [-0.15, -0.1) is 0 Å². The van der Waals surface area contributed by atoms with Crippen molar-refractivity contribution in [3.8, 4) is 0 Å². The molecule has 26 heavy (non-hydrogen) atoms. The molecule has 1 fully saturated rings. The van der Waals surface area contributed by atoms with E-state index in [0.717, 1.165) is 23.7 Å². The number of carbonyl (C=O) groups excluding carboxylic acids is 3. The lowest BCUT2D eigenvalue weighted by molar-refractivity contribution is -0.124. The van der Waals surface area contributed by atoms with E-state index < -0.39 is 0 Å². The zero-order valence-corrected chi connectivity index (χ0v) is 16.5. The van der Waals surface area contributed by atoms with Crippen LogP contribution in [0, 0.1) is 0 Å². The van der Waals surface area contributed by atoms with Crippen LogP contribution < -0.4 is 5.32 Å². The van der Waals surface area contributed by atoms with Crippen LogP contribution in [0.15, 0.2) is 23.1 Å². The van der Waals surface area contributed by atoms with E-state index in [2.05, 4.69) is 5.32 Å². The quantitative estimate of drug-likeness (QED) is 0.599. The molecule has 1 N–H and O–H groups in total. The van der Waals surface area contributed by atoms with Gasteiger partial charge in [0.05, 0.1) is 4.91 Å². The average Bonchev–Trinajstić information content (AvgIpc) is 3.06. The standard InChI is InChI=1S/C18H17ClN2O3S2/c1-2-6-20-14(23)5-7-21-17(24)16(26-18(21)25)15-12-9-11(19)4-3-10(12)8-13(15)22/h3-4,9H,2,5-8H2,1H3,(H,20,23)/b16-15-. The van der Waals surface area contributed by atoms with Gasteiger partial charge < -0.3 is 5.32 Å². The summed E-state index contributed by atoms with van der Waals surface area (Å²) in [7, 11) is 0. The topological polar surface area (TPSA) is 66.5 Å². The molecule has 1 aliphatic heterocycles. The van der Waals surface area contributed by atoms with Crippen LogP contribution in [0.3, 0.4) is 0 Å². The third-order valence-corrected chi connectivity index (χ3v) is 5.87. The molecule has 0 atom stereocenters. The van der Waals surface area contributed by atoms with Crippen molar-refractivity contribution in [3.05, 3.63) is 39.3 Å². The van der Waals surface area contributed by atoms with Gasteiger partial charge in [0.15, 0.2) is 5.78 Å². The highest BCUT2D eigenvalue weighted by molar-refractivity contribution is 8.26. The first-order valence-corrected chi connectivity index (χ1v) is 9.89. The van der Waals surface area contributed by atoms with Crippen molar-refractivity contribution in [2.24, 2.45) is 0 Å². The smallest absolute Gasteiger partial charge is 0.266 e. The summed E-state index contributed by atoms with van der Waals surface area (Å²) >= 11 is 12.5. The summed E-state index contributed by atoms with van der Waals surface area (Å²) in [4.78, 5) is 38.8. The van der Waals surface area contributed by atoms with E-state index in [4.69, 9.17) is 23.8 Å². The Hall–Kier alpha value is -1.70. The molecule has 2 amide bonds. The number of rotatable bonds is 5. The molecule has 0 unspecified atom stereocenters. The van der Waals surface area contributed by atoms with E-state index in [1.165, 1.54) is 4.90 Å². The molecule has 0 aromatic heterocycles. The summed E-state index contributed by atoms with van der Waals surface area (Å²) in [5, 5.41) is 3.28. The lowest BCUT2D eigenvalue weighted by Gasteiger charge is -2.14. The van der Waals surface area contributed by atoms with Gasteiger partial charge in [-0.1, -0.05) is 48.6 Å². The molecular formula is C18H17ClN2O3S2. The Balaban J connectivity index is 1.83. The van der Waals surface area contributed by atoms with Crippen molar-refractivity contribution in [1.29, 1.82) is 0 Å². The van der Waals surface area contributed by atoms with Crippen LogP contribution in [0.25, 0.3) is 5.57 Å². The molecule has 1 aliphatic carbocycles. The number of thiocarbonyl (C=S) groups is 1. The fourth-order valence-corrected chi connectivity index (χ4v) is 4.48. The first-order valence-electron chi connectivity index (χ1n) is 8.29. The number of thioether (sulfide) groups is 1. The molecule has 1 saturated heterocycles. The Kier molecular flexibility index (Phi) is 5.79. The zero-order chi connectivity index (χ0) is 18.8. The van der Waals surface area contributed by atoms with Gasteiger partial charge in [-0.05, 0) is 29.7 Å². The second kappa shape index (κ2) is 7.90. The van der Waals surface area contributed by atoms with Gasteiger partial charge in [-0.3, -0.25) is 19.3 Å². The maximum absolute atomic E-state index is 12.8. The minimum atomic E-state index is -0.320. The summed E-state index contributed by atoms with van der Waals surface area (Å²) in [5.74, 6) is -0.550. The van der Waals surface area contributed by atoms with Gasteiger partial charge in [-0.2, -0.15) is 0 Å². The fourth-order valence-electron chi connectivity index (χ4n) is 2.90. The minimum absolute atomic E-state index is 0.108. The second-order valence-electron chi connectivity index (χ2n) is 6.03. The molecule has 1 heterocycles. The summed E-state index contributed by atoms with van der Waals surface area (Å²) in [6, 6.07) is 5.25. The largest absolute Gasteiger partial charge is 0.356 e. The van der Waals surface area contributed by atoms with Gasteiger partial charge in [0.2, 0.25) is 5.91 Å². The van der Waals surface area contributed by atoms with Crippen LogP contribution in [0.1, 0.15) is 30.9 Å². The summed E-state index contributed by atoms with van der Waals surface area (Å²) in [5.41, 5.74) is 1.94. The predicted octanol–water partition coefficient (Wildman–Crippen LogP) is 2.95. The van der Waals surface area contributed by atoms with Gasteiger partial charge in [0, 0.05) is 36.5 Å². The van der Waals surface area contributed by atoms with Crippen LogP contribution >= 0.6 is 35.6 Å². The first-order chi connectivity index (χ1) is 12.4. The van der Waals surface area contributed by atoms with E-state index >= 15 is 0 Å². The first kappa shape index (κ1) is 19.1. The number of allylic oxidation sites excluding steroid dienone is 1. The van der Waals surface area contributed by atoms with Crippen LogP contribution in [0.2, 0.25) is 5.02 Å². The number of hydrogen-bond acceptors (Lipinski definition) is 5. The molecule has 0 saturated carbocycles. The number of hydrogen-bond donors (Lipinski definition) is 1. The van der Waals surface area contributed by atoms with Gasteiger partial charge in [-0.25, -0.2) is 0 Å². The molecule has 1 aromatic carbocycles. The average molecular weight is 409 g/mol. The summed E-state index contributed by atoms with van der Waals surface area (Å²) in [6.45, 7) is 2.78. The van der Waals surface area contributed by atoms with Gasteiger partial charge in [0.25, 0.3) is 5.91 Å². The van der Waals surface area contributed by atoms with Crippen molar-refractivity contribution in [3.63, 3.8) is 0 Å².